The predicted molar refractivity (Wildman–Crippen MR) is 59.3 cm³/mol. The monoisotopic (exact) mass is 243 g/mol. The summed E-state index contributed by atoms with van der Waals surface area (Å²) in [6.07, 6.45) is 1.68. The number of aryl methyl sites for hydroxylation is 1. The molecule has 1 rings (SSSR count). The molecular weight excluding hydrogens is 230 g/mol. The molecule has 0 unspecified atom stereocenters. The van der Waals surface area contributed by atoms with Gasteiger partial charge in [0, 0.05) is 11.1 Å². The number of aliphatic carboxylic acids is 1. The van der Waals surface area contributed by atoms with E-state index in [0.29, 0.717) is 6.54 Å². The molecule has 0 aromatic carbocycles. The first-order valence-electron chi connectivity index (χ1n) is 4.67. The standard InChI is InChI=1S/C9H13N3O3S/c1-5(8(13)14)12-9(15)11-4-7-3-10-6(2)16-7/h3,5H,4H2,1-2H3,(H,13,14)(H2,11,12,15)/t5-/m1/s1. The van der Waals surface area contributed by atoms with Crippen molar-refractivity contribution in [1.29, 1.82) is 0 Å². The highest BCUT2D eigenvalue weighted by atomic mass is 32.1. The van der Waals surface area contributed by atoms with Crippen LogP contribution in [0.15, 0.2) is 6.20 Å². The van der Waals surface area contributed by atoms with Crippen LogP contribution in [-0.2, 0) is 11.3 Å². The van der Waals surface area contributed by atoms with E-state index in [-0.39, 0.29) is 0 Å². The highest BCUT2D eigenvalue weighted by molar-refractivity contribution is 7.11. The summed E-state index contributed by atoms with van der Waals surface area (Å²) in [5.74, 6) is -1.07. The zero-order chi connectivity index (χ0) is 12.1. The van der Waals surface area contributed by atoms with E-state index in [9.17, 15) is 9.59 Å². The van der Waals surface area contributed by atoms with Crippen molar-refractivity contribution in [2.45, 2.75) is 26.4 Å². The molecule has 0 aliphatic heterocycles. The summed E-state index contributed by atoms with van der Waals surface area (Å²) >= 11 is 1.48. The molecule has 0 saturated heterocycles. The van der Waals surface area contributed by atoms with E-state index >= 15 is 0 Å². The number of urea groups is 1. The van der Waals surface area contributed by atoms with Crippen molar-refractivity contribution in [1.82, 2.24) is 15.6 Å². The van der Waals surface area contributed by atoms with Gasteiger partial charge in [0.1, 0.15) is 6.04 Å². The Kier molecular flexibility index (Phi) is 4.24. The lowest BCUT2D eigenvalue weighted by molar-refractivity contribution is -0.138. The van der Waals surface area contributed by atoms with Crippen LogP contribution in [0, 0.1) is 6.92 Å². The highest BCUT2D eigenvalue weighted by Crippen LogP contribution is 2.10. The average Bonchev–Trinajstić information content (AvgIpc) is 2.61. The zero-order valence-electron chi connectivity index (χ0n) is 8.98. The second kappa shape index (κ2) is 5.45. The van der Waals surface area contributed by atoms with Crippen molar-refractivity contribution in [2.75, 3.05) is 0 Å². The largest absolute Gasteiger partial charge is 0.480 e. The van der Waals surface area contributed by atoms with Crippen molar-refractivity contribution in [3.63, 3.8) is 0 Å². The van der Waals surface area contributed by atoms with E-state index in [1.165, 1.54) is 18.3 Å². The van der Waals surface area contributed by atoms with Crippen molar-refractivity contribution < 1.29 is 14.7 Å². The van der Waals surface area contributed by atoms with Gasteiger partial charge in [-0.15, -0.1) is 11.3 Å². The van der Waals surface area contributed by atoms with E-state index in [1.807, 2.05) is 6.92 Å². The lowest BCUT2D eigenvalue weighted by Crippen LogP contribution is -2.43. The molecule has 0 saturated carbocycles. The first-order valence-corrected chi connectivity index (χ1v) is 5.49. The number of thiazole rings is 1. The topological polar surface area (TPSA) is 91.3 Å². The summed E-state index contributed by atoms with van der Waals surface area (Å²) in [5, 5.41) is 14.3. The van der Waals surface area contributed by atoms with Gasteiger partial charge in [-0.3, -0.25) is 4.79 Å². The van der Waals surface area contributed by atoms with Crippen LogP contribution in [0.25, 0.3) is 0 Å². The highest BCUT2D eigenvalue weighted by Gasteiger charge is 2.13. The maximum absolute atomic E-state index is 11.2. The maximum atomic E-state index is 11.2. The Morgan fingerprint density at radius 1 is 1.62 bits per heavy atom. The maximum Gasteiger partial charge on any atom is 0.325 e. The molecule has 1 aromatic rings. The Balaban J connectivity index is 2.33. The molecule has 88 valence electrons. The van der Waals surface area contributed by atoms with Crippen LogP contribution in [0.2, 0.25) is 0 Å². The molecule has 0 aliphatic carbocycles. The number of carbonyl (C=O) groups excluding carboxylic acids is 1. The lowest BCUT2D eigenvalue weighted by atomic mass is 10.3. The molecule has 0 fully saturated rings. The fraction of sp³-hybridized carbons (Fsp3) is 0.444. The molecule has 0 spiro atoms. The number of nitrogens with one attached hydrogen (secondary N) is 2. The van der Waals surface area contributed by atoms with E-state index in [4.69, 9.17) is 5.11 Å². The van der Waals surface area contributed by atoms with Crippen molar-refractivity contribution in [3.05, 3.63) is 16.1 Å². The first-order chi connectivity index (χ1) is 7.49. The van der Waals surface area contributed by atoms with Crippen LogP contribution >= 0.6 is 11.3 Å². The fourth-order valence-electron chi connectivity index (χ4n) is 0.964. The van der Waals surface area contributed by atoms with Crippen LogP contribution in [0.1, 0.15) is 16.8 Å². The van der Waals surface area contributed by atoms with Gasteiger partial charge in [-0.05, 0) is 13.8 Å². The van der Waals surface area contributed by atoms with Gasteiger partial charge >= 0.3 is 12.0 Å². The number of amides is 2. The van der Waals surface area contributed by atoms with Gasteiger partial charge in [0.2, 0.25) is 0 Å². The summed E-state index contributed by atoms with van der Waals surface area (Å²) in [6, 6.07) is -1.40. The van der Waals surface area contributed by atoms with Gasteiger partial charge in [0.05, 0.1) is 11.6 Å². The van der Waals surface area contributed by atoms with Crippen LogP contribution in [0.5, 0.6) is 0 Å². The molecule has 7 heteroatoms. The van der Waals surface area contributed by atoms with Gasteiger partial charge in [0.15, 0.2) is 0 Å². The number of carboxylic acids is 1. The summed E-state index contributed by atoms with van der Waals surface area (Å²) in [6.45, 7) is 3.63. The van der Waals surface area contributed by atoms with E-state index in [0.717, 1.165) is 9.88 Å². The normalized spacial score (nSPS) is 11.9. The third kappa shape index (κ3) is 3.85. The minimum absolute atomic E-state index is 0.351. The predicted octanol–water partition coefficient (Wildman–Crippen LogP) is 0.724. The zero-order valence-corrected chi connectivity index (χ0v) is 9.80. The first kappa shape index (κ1) is 12.4. The molecule has 1 aromatic heterocycles. The minimum atomic E-state index is -1.07. The van der Waals surface area contributed by atoms with Gasteiger partial charge < -0.3 is 15.7 Å². The molecule has 6 nitrogen and oxygen atoms in total. The molecule has 3 N–H and O–H groups in total. The number of aromatic nitrogens is 1. The van der Waals surface area contributed by atoms with Crippen molar-refractivity contribution in [2.24, 2.45) is 0 Å². The number of hydrogen-bond acceptors (Lipinski definition) is 4. The molecule has 1 heterocycles. The summed E-state index contributed by atoms with van der Waals surface area (Å²) < 4.78 is 0. The van der Waals surface area contributed by atoms with Gasteiger partial charge in [-0.25, -0.2) is 9.78 Å². The Morgan fingerprint density at radius 2 is 2.31 bits per heavy atom. The Labute approximate surface area is 96.7 Å². The summed E-state index contributed by atoms with van der Waals surface area (Å²) in [7, 11) is 0. The molecule has 0 bridgehead atoms. The second-order valence-electron chi connectivity index (χ2n) is 3.23. The molecule has 2 amide bonds. The smallest absolute Gasteiger partial charge is 0.325 e. The fourth-order valence-corrected chi connectivity index (χ4v) is 1.70. The van der Waals surface area contributed by atoms with Crippen molar-refractivity contribution >= 4 is 23.3 Å². The summed E-state index contributed by atoms with van der Waals surface area (Å²) in [5.41, 5.74) is 0. The van der Waals surface area contributed by atoms with E-state index in [1.54, 1.807) is 6.20 Å². The van der Waals surface area contributed by atoms with E-state index in [2.05, 4.69) is 15.6 Å². The number of hydrogen-bond donors (Lipinski definition) is 3. The SMILES string of the molecule is Cc1ncc(CNC(=O)N[C@H](C)C(=O)O)s1. The Hall–Kier alpha value is -1.63. The van der Waals surface area contributed by atoms with Crippen LogP contribution in [-0.4, -0.2) is 28.1 Å². The molecule has 16 heavy (non-hydrogen) atoms. The van der Waals surface area contributed by atoms with Gasteiger partial charge in [-0.1, -0.05) is 0 Å². The van der Waals surface area contributed by atoms with E-state index < -0.39 is 18.0 Å². The van der Waals surface area contributed by atoms with Crippen molar-refractivity contribution in [3.8, 4) is 0 Å². The quantitative estimate of drug-likeness (QED) is 0.726. The number of carboxylic acid groups (broad SMARTS) is 1. The van der Waals surface area contributed by atoms with Gasteiger partial charge in [0.25, 0.3) is 0 Å². The minimum Gasteiger partial charge on any atom is -0.480 e. The van der Waals surface area contributed by atoms with Crippen LogP contribution in [0.3, 0.4) is 0 Å². The number of nitrogens with zero attached hydrogens (tertiary/aromatic N) is 1. The molecule has 1 atom stereocenters. The third-order valence-electron chi connectivity index (χ3n) is 1.81. The Bertz CT molecular complexity index is 391. The average molecular weight is 243 g/mol. The molecule has 0 aliphatic rings. The third-order valence-corrected chi connectivity index (χ3v) is 2.72. The second-order valence-corrected chi connectivity index (χ2v) is 4.55. The number of rotatable bonds is 4. The molecule has 0 radical (unpaired) electrons. The molecular formula is C9H13N3O3S. The van der Waals surface area contributed by atoms with Crippen LogP contribution < -0.4 is 10.6 Å². The summed E-state index contributed by atoms with van der Waals surface area (Å²) in [4.78, 5) is 26.7. The Morgan fingerprint density at radius 3 is 2.81 bits per heavy atom. The lowest BCUT2D eigenvalue weighted by Gasteiger charge is -2.09. The van der Waals surface area contributed by atoms with Gasteiger partial charge in [-0.2, -0.15) is 0 Å². The van der Waals surface area contributed by atoms with Crippen LogP contribution in [0.4, 0.5) is 4.79 Å². The number of carbonyl (C=O) groups is 2.